The summed E-state index contributed by atoms with van der Waals surface area (Å²) in [4.78, 5) is 13.4. The fraction of sp³-hybridized carbons (Fsp3) is 0.929. The summed E-state index contributed by atoms with van der Waals surface area (Å²) in [7, 11) is 0. The topological polar surface area (TPSA) is 72.3 Å². The predicted molar refractivity (Wildman–Crippen MR) is 77.1 cm³/mol. The van der Waals surface area contributed by atoms with Gasteiger partial charge in [0.1, 0.15) is 0 Å². The lowest BCUT2D eigenvalue weighted by molar-refractivity contribution is -0.119. The van der Waals surface area contributed by atoms with Crippen molar-refractivity contribution in [2.45, 2.75) is 53.0 Å². The highest BCUT2D eigenvalue weighted by molar-refractivity contribution is 5.74. The summed E-state index contributed by atoms with van der Waals surface area (Å²) in [5, 5.41) is 0. The highest BCUT2D eigenvalue weighted by Crippen LogP contribution is 2.11. The number of carbonyl (C=O) groups excluding carboxylic acids is 1. The molecule has 4 heteroatoms. The number of primary amides is 1. The summed E-state index contributed by atoms with van der Waals surface area (Å²) in [6.45, 7) is 11.4. The van der Waals surface area contributed by atoms with Crippen molar-refractivity contribution in [3.8, 4) is 0 Å². The zero-order valence-electron chi connectivity index (χ0n) is 12.5. The van der Waals surface area contributed by atoms with Crippen LogP contribution in [0.4, 0.5) is 0 Å². The highest BCUT2D eigenvalue weighted by Gasteiger charge is 2.19. The number of rotatable bonds is 10. The number of hydrogen-bond acceptors (Lipinski definition) is 3. The average Bonchev–Trinajstić information content (AvgIpc) is 2.25. The highest BCUT2D eigenvalue weighted by atomic mass is 16.1. The Balaban J connectivity index is 4.42. The molecule has 0 spiro atoms. The van der Waals surface area contributed by atoms with E-state index in [1.165, 1.54) is 0 Å². The summed E-state index contributed by atoms with van der Waals surface area (Å²) in [5.74, 6) is 1.07. The van der Waals surface area contributed by atoms with E-state index < -0.39 is 0 Å². The first-order valence-corrected chi connectivity index (χ1v) is 7.09. The number of carbonyl (C=O) groups is 1. The number of hydrogen-bond donors (Lipinski definition) is 2. The third kappa shape index (κ3) is 8.48. The summed E-state index contributed by atoms with van der Waals surface area (Å²) in [6, 6.07) is 0.0972. The first-order valence-electron chi connectivity index (χ1n) is 7.09. The minimum atomic E-state index is -0.260. The van der Waals surface area contributed by atoms with Crippen molar-refractivity contribution in [2.24, 2.45) is 23.3 Å². The zero-order chi connectivity index (χ0) is 14.1. The van der Waals surface area contributed by atoms with E-state index in [0.29, 0.717) is 24.8 Å². The van der Waals surface area contributed by atoms with Crippen molar-refractivity contribution in [3.05, 3.63) is 0 Å². The minimum Gasteiger partial charge on any atom is -0.370 e. The Kier molecular flexibility index (Phi) is 9.02. The van der Waals surface area contributed by atoms with E-state index in [1.807, 2.05) is 0 Å². The lowest BCUT2D eigenvalue weighted by Gasteiger charge is -2.31. The second kappa shape index (κ2) is 9.34. The quantitative estimate of drug-likeness (QED) is 0.624. The van der Waals surface area contributed by atoms with Gasteiger partial charge in [-0.1, -0.05) is 27.7 Å². The molecule has 0 aromatic rings. The molecular formula is C14H31N3O. The van der Waals surface area contributed by atoms with Crippen molar-refractivity contribution < 1.29 is 4.79 Å². The van der Waals surface area contributed by atoms with Gasteiger partial charge in [-0.05, 0) is 37.8 Å². The molecule has 1 unspecified atom stereocenters. The Bertz CT molecular complexity index is 217. The van der Waals surface area contributed by atoms with E-state index in [9.17, 15) is 4.79 Å². The molecule has 0 saturated carbocycles. The van der Waals surface area contributed by atoms with Gasteiger partial charge in [-0.15, -0.1) is 0 Å². The van der Waals surface area contributed by atoms with Crippen molar-refractivity contribution >= 4 is 5.91 Å². The van der Waals surface area contributed by atoms with Crippen LogP contribution in [0, 0.1) is 11.8 Å². The smallest absolute Gasteiger partial charge is 0.219 e. The van der Waals surface area contributed by atoms with Gasteiger partial charge in [-0.2, -0.15) is 0 Å². The largest absolute Gasteiger partial charge is 0.370 e. The van der Waals surface area contributed by atoms with Crippen molar-refractivity contribution in [1.29, 1.82) is 0 Å². The van der Waals surface area contributed by atoms with Gasteiger partial charge < -0.3 is 11.5 Å². The fourth-order valence-electron chi connectivity index (χ4n) is 1.92. The third-order valence-corrected chi connectivity index (χ3v) is 3.21. The molecule has 0 saturated heterocycles. The van der Waals surface area contributed by atoms with Gasteiger partial charge >= 0.3 is 0 Å². The van der Waals surface area contributed by atoms with Crippen molar-refractivity contribution in [3.63, 3.8) is 0 Å². The SMILES string of the molecule is CC(C)CCN(CCC(C)C)C(CN)CC(N)=O. The summed E-state index contributed by atoms with van der Waals surface area (Å²) in [6.07, 6.45) is 2.63. The minimum absolute atomic E-state index is 0.0972. The Morgan fingerprint density at radius 2 is 1.50 bits per heavy atom. The molecule has 1 amide bonds. The van der Waals surface area contributed by atoms with Gasteiger partial charge in [0, 0.05) is 19.0 Å². The molecule has 0 aliphatic carbocycles. The molecule has 0 bridgehead atoms. The molecule has 0 aromatic carbocycles. The lowest BCUT2D eigenvalue weighted by Crippen LogP contribution is -2.44. The Hall–Kier alpha value is -0.610. The Labute approximate surface area is 112 Å². The van der Waals surface area contributed by atoms with Crippen LogP contribution in [-0.4, -0.2) is 36.5 Å². The molecule has 0 aliphatic rings. The average molecular weight is 257 g/mol. The standard InChI is InChI=1S/C14H31N3O/c1-11(2)5-7-17(8-6-12(3)4)13(10-15)9-14(16)18/h11-13H,5-10,15H2,1-4H3,(H2,16,18). The normalized spacial score (nSPS) is 13.6. The van der Waals surface area contributed by atoms with Gasteiger partial charge in [0.15, 0.2) is 0 Å². The van der Waals surface area contributed by atoms with E-state index in [4.69, 9.17) is 11.5 Å². The maximum absolute atomic E-state index is 11.1. The molecule has 0 rings (SSSR count). The molecule has 108 valence electrons. The van der Waals surface area contributed by atoms with E-state index in [2.05, 4.69) is 32.6 Å². The van der Waals surface area contributed by atoms with Crippen LogP contribution in [0.15, 0.2) is 0 Å². The Morgan fingerprint density at radius 1 is 1.06 bits per heavy atom. The third-order valence-electron chi connectivity index (χ3n) is 3.21. The first kappa shape index (κ1) is 17.4. The van der Waals surface area contributed by atoms with Crippen LogP contribution < -0.4 is 11.5 Å². The Morgan fingerprint density at radius 3 is 1.78 bits per heavy atom. The van der Waals surface area contributed by atoms with Gasteiger partial charge in [0.05, 0.1) is 0 Å². The predicted octanol–water partition coefficient (Wildman–Crippen LogP) is 1.58. The second-order valence-electron chi connectivity index (χ2n) is 5.96. The molecule has 1 atom stereocenters. The van der Waals surface area contributed by atoms with Crippen molar-refractivity contribution in [2.75, 3.05) is 19.6 Å². The van der Waals surface area contributed by atoms with Crippen LogP contribution in [0.2, 0.25) is 0 Å². The van der Waals surface area contributed by atoms with E-state index in [0.717, 1.165) is 25.9 Å². The summed E-state index contributed by atoms with van der Waals surface area (Å²) in [5.41, 5.74) is 11.1. The molecule has 4 N–H and O–H groups in total. The van der Waals surface area contributed by atoms with Crippen LogP contribution in [-0.2, 0) is 4.79 Å². The fourth-order valence-corrected chi connectivity index (χ4v) is 1.92. The molecule has 0 aromatic heterocycles. The molecular weight excluding hydrogens is 226 g/mol. The molecule has 4 nitrogen and oxygen atoms in total. The van der Waals surface area contributed by atoms with E-state index >= 15 is 0 Å². The number of amides is 1. The molecule has 0 radical (unpaired) electrons. The summed E-state index contributed by atoms with van der Waals surface area (Å²) >= 11 is 0. The second-order valence-corrected chi connectivity index (χ2v) is 5.96. The van der Waals surface area contributed by atoms with Crippen LogP contribution in [0.25, 0.3) is 0 Å². The molecule has 0 aliphatic heterocycles. The maximum Gasteiger partial charge on any atom is 0.219 e. The summed E-state index contributed by atoms with van der Waals surface area (Å²) < 4.78 is 0. The van der Waals surface area contributed by atoms with Crippen molar-refractivity contribution in [1.82, 2.24) is 4.90 Å². The number of nitrogens with zero attached hydrogens (tertiary/aromatic N) is 1. The monoisotopic (exact) mass is 257 g/mol. The number of nitrogens with two attached hydrogens (primary N) is 2. The molecule has 0 heterocycles. The lowest BCUT2D eigenvalue weighted by atomic mass is 10.1. The molecule has 0 fully saturated rings. The van der Waals surface area contributed by atoms with Gasteiger partial charge in [-0.25, -0.2) is 0 Å². The van der Waals surface area contributed by atoms with E-state index in [1.54, 1.807) is 0 Å². The maximum atomic E-state index is 11.1. The van der Waals surface area contributed by atoms with Crippen LogP contribution in [0.5, 0.6) is 0 Å². The van der Waals surface area contributed by atoms with Crippen LogP contribution in [0.1, 0.15) is 47.0 Å². The first-order chi connectivity index (χ1) is 8.36. The van der Waals surface area contributed by atoms with Crippen LogP contribution >= 0.6 is 0 Å². The van der Waals surface area contributed by atoms with Gasteiger partial charge in [0.2, 0.25) is 5.91 Å². The van der Waals surface area contributed by atoms with Crippen LogP contribution in [0.3, 0.4) is 0 Å². The van der Waals surface area contributed by atoms with Gasteiger partial charge in [-0.3, -0.25) is 9.69 Å². The molecule has 18 heavy (non-hydrogen) atoms. The zero-order valence-corrected chi connectivity index (χ0v) is 12.5. The van der Waals surface area contributed by atoms with Gasteiger partial charge in [0.25, 0.3) is 0 Å². The van der Waals surface area contributed by atoms with E-state index in [-0.39, 0.29) is 11.9 Å².